The molecular formula is C49H43N5O. The first-order valence-corrected chi connectivity index (χ1v) is 18.8. The zero-order valence-corrected chi connectivity index (χ0v) is 32.1. The molecule has 4 heterocycles. The molecule has 0 aliphatic carbocycles. The Balaban J connectivity index is 1.14. The minimum atomic E-state index is -0.0264. The maximum absolute atomic E-state index is 6.63. The van der Waals surface area contributed by atoms with E-state index in [1.807, 2.05) is 24.5 Å². The number of ether oxygens (including phenoxy) is 1. The summed E-state index contributed by atoms with van der Waals surface area (Å²) in [5, 5.41) is 2.29. The molecule has 5 aromatic carbocycles. The van der Waals surface area contributed by atoms with Gasteiger partial charge in [-0.25, -0.2) is 4.98 Å². The number of fused-ring (bicyclic) bond motifs is 4. The van der Waals surface area contributed by atoms with Gasteiger partial charge in [-0.2, -0.15) is 0 Å². The van der Waals surface area contributed by atoms with Crippen molar-refractivity contribution in [2.45, 2.75) is 52.4 Å². The van der Waals surface area contributed by atoms with Gasteiger partial charge in [0.15, 0.2) is 0 Å². The summed E-state index contributed by atoms with van der Waals surface area (Å²) in [4.78, 5) is 9.54. The zero-order valence-electron chi connectivity index (χ0n) is 32.1. The average Bonchev–Trinajstić information content (AvgIpc) is 3.74. The average molecular weight is 718 g/mol. The van der Waals surface area contributed by atoms with Crippen LogP contribution in [0, 0.1) is 6.33 Å². The Labute approximate surface area is 322 Å². The number of benzene rings is 5. The number of nitrogens with zero attached hydrogens (tertiary/aromatic N) is 5. The van der Waals surface area contributed by atoms with E-state index in [9.17, 15) is 0 Å². The third-order valence-corrected chi connectivity index (χ3v) is 10.4. The van der Waals surface area contributed by atoms with E-state index in [1.165, 1.54) is 22.3 Å². The Bertz CT molecular complexity index is 2870. The molecule has 0 aliphatic heterocycles. The molecule has 0 saturated heterocycles. The van der Waals surface area contributed by atoms with E-state index in [1.54, 1.807) is 6.20 Å². The Morgan fingerprint density at radius 1 is 0.582 bits per heavy atom. The molecule has 6 heteroatoms. The third kappa shape index (κ3) is 6.33. The molecule has 0 fully saturated rings. The van der Waals surface area contributed by atoms with Crippen molar-refractivity contribution in [3.05, 3.63) is 170 Å². The highest BCUT2D eigenvalue weighted by Crippen LogP contribution is 2.38. The lowest BCUT2D eigenvalue weighted by Crippen LogP contribution is -2.30. The SMILES string of the molecule is CC(C)(C)c1cccc(-[n+]2[c-]n(-c3cncc(Oc4ccc5c6cc(-c7ccccc7)ccc6n(-c6cc(C(C)(C)C)ccn6)c5c4)c3)c3ccccc32)c1. The van der Waals surface area contributed by atoms with E-state index in [2.05, 4.69) is 188 Å². The predicted octanol–water partition coefficient (Wildman–Crippen LogP) is 11.6. The van der Waals surface area contributed by atoms with Crippen molar-refractivity contribution in [2.24, 2.45) is 0 Å². The summed E-state index contributed by atoms with van der Waals surface area (Å²) in [5.74, 6) is 2.21. The van der Waals surface area contributed by atoms with Gasteiger partial charge >= 0.3 is 0 Å². The van der Waals surface area contributed by atoms with E-state index in [0.717, 1.165) is 50.0 Å². The van der Waals surface area contributed by atoms with E-state index < -0.39 is 0 Å². The highest BCUT2D eigenvalue weighted by Gasteiger charge is 2.20. The fourth-order valence-corrected chi connectivity index (χ4v) is 7.41. The highest BCUT2D eigenvalue weighted by atomic mass is 16.5. The molecular weight excluding hydrogens is 675 g/mol. The van der Waals surface area contributed by atoms with E-state index >= 15 is 0 Å². The second-order valence-electron chi connectivity index (χ2n) is 16.3. The van der Waals surface area contributed by atoms with Gasteiger partial charge in [0.1, 0.15) is 17.3 Å². The van der Waals surface area contributed by atoms with Gasteiger partial charge in [-0.3, -0.25) is 18.7 Å². The highest BCUT2D eigenvalue weighted by molar-refractivity contribution is 6.10. The van der Waals surface area contributed by atoms with E-state index in [-0.39, 0.29) is 10.8 Å². The van der Waals surface area contributed by atoms with Gasteiger partial charge in [0.05, 0.1) is 39.6 Å². The summed E-state index contributed by atoms with van der Waals surface area (Å²) in [6.45, 7) is 13.4. The van der Waals surface area contributed by atoms with Crippen LogP contribution in [0.5, 0.6) is 11.5 Å². The molecule has 0 radical (unpaired) electrons. The van der Waals surface area contributed by atoms with Crippen molar-refractivity contribution in [3.8, 4) is 39.8 Å². The quantitative estimate of drug-likeness (QED) is 0.127. The van der Waals surface area contributed by atoms with Crippen LogP contribution in [0.2, 0.25) is 0 Å². The monoisotopic (exact) mass is 717 g/mol. The number of aromatic nitrogens is 5. The van der Waals surface area contributed by atoms with Crippen LogP contribution in [0.25, 0.3) is 61.2 Å². The summed E-state index contributed by atoms with van der Waals surface area (Å²) in [6.07, 6.45) is 9.14. The molecule has 0 bridgehead atoms. The molecule has 0 amide bonds. The first-order valence-electron chi connectivity index (χ1n) is 18.8. The fraction of sp³-hybridized carbons (Fsp3) is 0.163. The molecule has 0 saturated carbocycles. The molecule has 270 valence electrons. The predicted molar refractivity (Wildman–Crippen MR) is 223 cm³/mol. The number of pyridine rings is 2. The van der Waals surface area contributed by atoms with Crippen LogP contribution in [-0.4, -0.2) is 19.1 Å². The number of imidazole rings is 1. The molecule has 0 spiro atoms. The van der Waals surface area contributed by atoms with Gasteiger partial charge in [0.25, 0.3) is 6.33 Å². The zero-order chi connectivity index (χ0) is 37.9. The normalized spacial score (nSPS) is 12.2. The van der Waals surface area contributed by atoms with Gasteiger partial charge in [-0.05, 0) is 87.7 Å². The van der Waals surface area contributed by atoms with Crippen molar-refractivity contribution in [2.75, 3.05) is 0 Å². The maximum atomic E-state index is 6.63. The van der Waals surface area contributed by atoms with Gasteiger partial charge in [-0.1, -0.05) is 114 Å². The van der Waals surface area contributed by atoms with Crippen LogP contribution in [-0.2, 0) is 10.8 Å². The Kier molecular flexibility index (Phi) is 8.16. The summed E-state index contributed by atoms with van der Waals surface area (Å²) < 4.78 is 13.1. The first-order chi connectivity index (χ1) is 26.5. The summed E-state index contributed by atoms with van der Waals surface area (Å²) in [6, 6.07) is 46.9. The van der Waals surface area contributed by atoms with Crippen LogP contribution in [0.4, 0.5) is 0 Å². The fourth-order valence-electron chi connectivity index (χ4n) is 7.41. The van der Waals surface area contributed by atoms with Gasteiger partial charge in [0, 0.05) is 29.2 Å². The molecule has 55 heavy (non-hydrogen) atoms. The Morgan fingerprint density at radius 2 is 1.36 bits per heavy atom. The molecule has 4 aromatic heterocycles. The van der Waals surface area contributed by atoms with Crippen molar-refractivity contribution >= 4 is 32.8 Å². The van der Waals surface area contributed by atoms with Crippen LogP contribution in [0.1, 0.15) is 52.7 Å². The summed E-state index contributed by atoms with van der Waals surface area (Å²) in [5.41, 5.74) is 10.9. The molecule has 9 rings (SSSR count). The van der Waals surface area contributed by atoms with Crippen molar-refractivity contribution in [1.29, 1.82) is 0 Å². The molecule has 6 nitrogen and oxygen atoms in total. The smallest absolute Gasteiger partial charge is 0.269 e. The molecule has 0 N–H and O–H groups in total. The second kappa shape index (κ2) is 13.1. The van der Waals surface area contributed by atoms with E-state index in [4.69, 9.17) is 9.72 Å². The Hall–Kier alpha value is -6.53. The Morgan fingerprint density at radius 3 is 2.18 bits per heavy atom. The molecule has 0 atom stereocenters. The number of hydrogen-bond donors (Lipinski definition) is 0. The molecule has 9 aromatic rings. The number of para-hydroxylation sites is 2. The van der Waals surface area contributed by atoms with Crippen molar-refractivity contribution in [3.63, 3.8) is 0 Å². The minimum Gasteiger partial charge on any atom is -0.456 e. The van der Waals surface area contributed by atoms with Crippen molar-refractivity contribution < 1.29 is 9.30 Å². The lowest BCUT2D eigenvalue weighted by molar-refractivity contribution is -0.572. The molecule has 0 unspecified atom stereocenters. The van der Waals surface area contributed by atoms with Crippen molar-refractivity contribution in [1.82, 2.24) is 19.1 Å². The lowest BCUT2D eigenvalue weighted by Gasteiger charge is -2.20. The van der Waals surface area contributed by atoms with Crippen LogP contribution in [0.3, 0.4) is 0 Å². The topological polar surface area (TPSA) is 48.8 Å². The maximum Gasteiger partial charge on any atom is 0.269 e. The molecule has 0 aliphatic rings. The van der Waals surface area contributed by atoms with Gasteiger partial charge in [0.2, 0.25) is 0 Å². The lowest BCUT2D eigenvalue weighted by atomic mass is 9.87. The second-order valence-corrected chi connectivity index (χ2v) is 16.3. The summed E-state index contributed by atoms with van der Waals surface area (Å²) in [7, 11) is 0. The first kappa shape index (κ1) is 34.3. The van der Waals surface area contributed by atoms with Crippen LogP contribution >= 0.6 is 0 Å². The van der Waals surface area contributed by atoms with Gasteiger partial charge in [-0.15, -0.1) is 0 Å². The largest absolute Gasteiger partial charge is 0.456 e. The van der Waals surface area contributed by atoms with Crippen LogP contribution < -0.4 is 9.30 Å². The van der Waals surface area contributed by atoms with E-state index in [0.29, 0.717) is 11.5 Å². The third-order valence-electron chi connectivity index (χ3n) is 10.4. The van der Waals surface area contributed by atoms with Gasteiger partial charge < -0.3 is 4.74 Å². The summed E-state index contributed by atoms with van der Waals surface area (Å²) >= 11 is 0. The number of hydrogen-bond acceptors (Lipinski definition) is 3. The minimum absolute atomic E-state index is 0.0264. The number of rotatable bonds is 6. The standard InChI is InChI=1S/C49H43N5O/c1-48(2,3)35-15-12-16-37(26-35)52-32-53(45-18-11-10-17-44(45)52)38-28-40(31-50-30-38)55-39-20-21-41-42-25-34(33-13-8-7-9-14-33)19-22-43(42)54(46(41)29-39)47-27-36(23-24-51-47)49(4,5)6/h7-31H,1-6H3. The van der Waals surface area contributed by atoms with Crippen LogP contribution in [0.15, 0.2) is 152 Å².